The van der Waals surface area contributed by atoms with Crippen LogP contribution in [0, 0.1) is 0 Å². The largest absolute Gasteiger partial charge is 0.383 e. The van der Waals surface area contributed by atoms with Crippen molar-refractivity contribution in [2.45, 2.75) is 12.2 Å². The average molecular weight is 292 g/mol. The van der Waals surface area contributed by atoms with Crippen LogP contribution in [0.5, 0.6) is 0 Å². The number of sulfone groups is 1. The summed E-state index contributed by atoms with van der Waals surface area (Å²) in [6, 6.07) is 7.53. The molecule has 106 valence electrons. The second-order valence-corrected chi connectivity index (χ2v) is 7.59. The molecule has 1 aromatic carbocycles. The molecule has 6 nitrogen and oxygen atoms in total. The lowest BCUT2D eigenvalue weighted by atomic mass is 10.2. The Balaban J connectivity index is 1.99. The minimum Gasteiger partial charge on any atom is -0.383 e. The van der Waals surface area contributed by atoms with Gasteiger partial charge in [-0.25, -0.2) is 13.4 Å². The van der Waals surface area contributed by atoms with Crippen molar-refractivity contribution in [3.63, 3.8) is 0 Å². The van der Waals surface area contributed by atoms with E-state index in [0.29, 0.717) is 24.9 Å². The van der Waals surface area contributed by atoms with Gasteiger partial charge in [0.05, 0.1) is 16.5 Å². The van der Waals surface area contributed by atoms with Crippen LogP contribution in [0.3, 0.4) is 0 Å². The molecule has 7 heteroatoms. The summed E-state index contributed by atoms with van der Waals surface area (Å²) in [6.07, 6.45) is 0. The van der Waals surface area contributed by atoms with Gasteiger partial charge in [-0.15, -0.1) is 0 Å². The summed E-state index contributed by atoms with van der Waals surface area (Å²) >= 11 is 0. The topological polar surface area (TPSA) is 89.2 Å². The SMILES string of the molecule is CC1CN(c2nc(N)c3ccccc3n2)CCS1(=O)=O. The summed E-state index contributed by atoms with van der Waals surface area (Å²) in [5.41, 5.74) is 6.73. The van der Waals surface area contributed by atoms with Gasteiger partial charge in [-0.3, -0.25) is 0 Å². The lowest BCUT2D eigenvalue weighted by molar-refractivity contribution is 0.567. The van der Waals surface area contributed by atoms with Gasteiger partial charge in [0.1, 0.15) is 5.82 Å². The van der Waals surface area contributed by atoms with Crippen LogP contribution in [-0.4, -0.2) is 42.5 Å². The first-order valence-corrected chi connectivity index (χ1v) is 8.18. The van der Waals surface area contributed by atoms with Crippen LogP contribution >= 0.6 is 0 Å². The van der Waals surface area contributed by atoms with Crippen LogP contribution in [-0.2, 0) is 9.84 Å². The van der Waals surface area contributed by atoms with Gasteiger partial charge in [0.2, 0.25) is 5.95 Å². The zero-order valence-corrected chi connectivity index (χ0v) is 12.0. The molecule has 0 spiro atoms. The average Bonchev–Trinajstić information content (AvgIpc) is 2.42. The molecule has 1 unspecified atom stereocenters. The summed E-state index contributed by atoms with van der Waals surface area (Å²) in [4.78, 5) is 10.7. The first-order chi connectivity index (χ1) is 9.47. The molecule has 0 amide bonds. The molecule has 1 saturated heterocycles. The number of hydrogen-bond acceptors (Lipinski definition) is 6. The highest BCUT2D eigenvalue weighted by atomic mass is 32.2. The van der Waals surface area contributed by atoms with Crippen molar-refractivity contribution in [1.29, 1.82) is 0 Å². The molecule has 1 aliphatic heterocycles. The number of benzene rings is 1. The quantitative estimate of drug-likeness (QED) is 0.837. The standard InChI is InChI=1S/C13H16N4O2S/c1-9-8-17(6-7-20(9,18)19)13-15-11-5-3-2-4-10(11)12(14)16-13/h2-5,9H,6-8H2,1H3,(H2,14,15,16). The van der Waals surface area contributed by atoms with E-state index in [1.165, 1.54) is 0 Å². The minimum absolute atomic E-state index is 0.129. The van der Waals surface area contributed by atoms with E-state index in [9.17, 15) is 8.42 Å². The van der Waals surface area contributed by atoms with Gasteiger partial charge in [-0.1, -0.05) is 12.1 Å². The Morgan fingerprint density at radius 3 is 2.80 bits per heavy atom. The third-order valence-electron chi connectivity index (χ3n) is 3.64. The smallest absolute Gasteiger partial charge is 0.227 e. The maximum absolute atomic E-state index is 11.7. The highest BCUT2D eigenvalue weighted by molar-refractivity contribution is 7.92. The van der Waals surface area contributed by atoms with E-state index < -0.39 is 15.1 Å². The highest BCUT2D eigenvalue weighted by Gasteiger charge is 2.30. The molecule has 0 radical (unpaired) electrons. The number of hydrogen-bond donors (Lipinski definition) is 1. The van der Waals surface area contributed by atoms with Gasteiger partial charge >= 0.3 is 0 Å². The van der Waals surface area contributed by atoms with Crippen molar-refractivity contribution < 1.29 is 8.42 Å². The summed E-state index contributed by atoms with van der Waals surface area (Å²) in [7, 11) is -2.98. The van der Waals surface area contributed by atoms with Crippen molar-refractivity contribution in [2.24, 2.45) is 0 Å². The Hall–Kier alpha value is -1.89. The molecule has 1 fully saturated rings. The predicted octanol–water partition coefficient (Wildman–Crippen LogP) is 0.835. The molecule has 1 aliphatic rings. The van der Waals surface area contributed by atoms with Crippen LogP contribution in [0.25, 0.3) is 10.9 Å². The van der Waals surface area contributed by atoms with E-state index in [4.69, 9.17) is 5.73 Å². The van der Waals surface area contributed by atoms with E-state index in [1.54, 1.807) is 6.92 Å². The Labute approximate surface area is 117 Å². The van der Waals surface area contributed by atoms with Gasteiger partial charge in [0, 0.05) is 18.5 Å². The monoisotopic (exact) mass is 292 g/mol. The van der Waals surface area contributed by atoms with Gasteiger partial charge in [0.25, 0.3) is 0 Å². The van der Waals surface area contributed by atoms with Crippen molar-refractivity contribution in [3.8, 4) is 0 Å². The third-order valence-corrected chi connectivity index (χ3v) is 5.77. The van der Waals surface area contributed by atoms with Gasteiger partial charge < -0.3 is 10.6 Å². The van der Waals surface area contributed by atoms with E-state index in [2.05, 4.69) is 9.97 Å². The molecule has 1 atom stereocenters. The lowest BCUT2D eigenvalue weighted by Gasteiger charge is -2.31. The molecule has 1 aromatic heterocycles. The number of fused-ring (bicyclic) bond motifs is 1. The highest BCUT2D eigenvalue weighted by Crippen LogP contribution is 2.23. The molecule has 3 rings (SSSR count). The van der Waals surface area contributed by atoms with Crippen molar-refractivity contribution in [1.82, 2.24) is 9.97 Å². The van der Waals surface area contributed by atoms with Crippen LogP contribution in [0.2, 0.25) is 0 Å². The number of para-hydroxylation sites is 1. The van der Waals surface area contributed by atoms with E-state index >= 15 is 0 Å². The molecule has 0 saturated carbocycles. The first kappa shape index (κ1) is 13.1. The molecule has 20 heavy (non-hydrogen) atoms. The van der Waals surface area contributed by atoms with Crippen molar-refractivity contribution in [2.75, 3.05) is 29.5 Å². The molecular weight excluding hydrogens is 276 g/mol. The van der Waals surface area contributed by atoms with Gasteiger partial charge in [-0.05, 0) is 19.1 Å². The Morgan fingerprint density at radius 1 is 1.30 bits per heavy atom. The molecule has 0 bridgehead atoms. The fourth-order valence-electron chi connectivity index (χ4n) is 2.37. The van der Waals surface area contributed by atoms with E-state index in [1.807, 2.05) is 29.2 Å². The number of nitrogens with zero attached hydrogens (tertiary/aromatic N) is 3. The number of rotatable bonds is 1. The maximum Gasteiger partial charge on any atom is 0.227 e. The lowest BCUT2D eigenvalue weighted by Crippen LogP contribution is -2.46. The zero-order valence-electron chi connectivity index (χ0n) is 11.2. The Kier molecular flexibility index (Phi) is 3.01. The van der Waals surface area contributed by atoms with E-state index in [-0.39, 0.29) is 5.75 Å². The van der Waals surface area contributed by atoms with Crippen LogP contribution in [0.1, 0.15) is 6.92 Å². The minimum atomic E-state index is -2.98. The van der Waals surface area contributed by atoms with Crippen LogP contribution in [0.4, 0.5) is 11.8 Å². The first-order valence-electron chi connectivity index (χ1n) is 6.46. The summed E-state index contributed by atoms with van der Waals surface area (Å²) in [6.45, 7) is 2.52. The maximum atomic E-state index is 11.7. The predicted molar refractivity (Wildman–Crippen MR) is 79.4 cm³/mol. The van der Waals surface area contributed by atoms with Crippen molar-refractivity contribution >= 4 is 32.5 Å². The molecule has 2 aromatic rings. The fraction of sp³-hybridized carbons (Fsp3) is 0.385. The second kappa shape index (κ2) is 4.59. The Morgan fingerprint density at radius 2 is 2.05 bits per heavy atom. The Bertz CT molecular complexity index is 760. The summed E-state index contributed by atoms with van der Waals surface area (Å²) < 4.78 is 23.5. The van der Waals surface area contributed by atoms with Gasteiger partial charge in [0.15, 0.2) is 9.84 Å². The molecule has 2 heterocycles. The normalized spacial score (nSPS) is 22.1. The van der Waals surface area contributed by atoms with E-state index in [0.717, 1.165) is 10.9 Å². The van der Waals surface area contributed by atoms with Gasteiger partial charge in [-0.2, -0.15) is 4.98 Å². The molecular formula is C13H16N4O2S. The van der Waals surface area contributed by atoms with Crippen LogP contribution in [0.15, 0.2) is 24.3 Å². The zero-order chi connectivity index (χ0) is 14.3. The number of aromatic nitrogens is 2. The third kappa shape index (κ3) is 2.18. The summed E-state index contributed by atoms with van der Waals surface area (Å²) in [5, 5.41) is 0.404. The molecule has 2 N–H and O–H groups in total. The number of anilines is 2. The number of nitrogens with two attached hydrogens (primary N) is 1. The van der Waals surface area contributed by atoms with Crippen molar-refractivity contribution in [3.05, 3.63) is 24.3 Å². The summed E-state index contributed by atoms with van der Waals surface area (Å²) in [5.74, 6) is 1.05. The van der Waals surface area contributed by atoms with Crippen LogP contribution < -0.4 is 10.6 Å². The number of nitrogen functional groups attached to an aromatic ring is 1. The second-order valence-electron chi connectivity index (χ2n) is 5.05. The molecule has 0 aliphatic carbocycles. The fourth-order valence-corrected chi connectivity index (χ4v) is 3.65.